The molecule has 6 nitrogen and oxygen atoms in total. The summed E-state index contributed by atoms with van der Waals surface area (Å²) in [5.74, 6) is 1.31. The minimum Gasteiger partial charge on any atom is -0.495 e. The van der Waals surface area contributed by atoms with Crippen molar-refractivity contribution in [1.29, 1.82) is 0 Å². The molecule has 0 saturated heterocycles. The van der Waals surface area contributed by atoms with Crippen molar-refractivity contribution in [2.45, 2.75) is 20.4 Å². The van der Waals surface area contributed by atoms with Crippen molar-refractivity contribution < 1.29 is 9.53 Å². The summed E-state index contributed by atoms with van der Waals surface area (Å²) in [5, 5.41) is 6.61. The van der Waals surface area contributed by atoms with Gasteiger partial charge in [0.25, 0.3) is 5.91 Å². The molecular formula is C21H21ClN4O2. The van der Waals surface area contributed by atoms with E-state index in [1.165, 1.54) is 0 Å². The molecule has 0 aliphatic rings. The number of ether oxygens (including phenoxy) is 1. The molecule has 0 aliphatic carbocycles. The lowest BCUT2D eigenvalue weighted by molar-refractivity contribution is 0.0945. The summed E-state index contributed by atoms with van der Waals surface area (Å²) in [7, 11) is 1.57. The molecule has 0 bridgehead atoms. The maximum atomic E-state index is 12.6. The smallest absolute Gasteiger partial charge is 0.270 e. The summed E-state index contributed by atoms with van der Waals surface area (Å²) < 4.78 is 5.34. The van der Waals surface area contributed by atoms with Crippen LogP contribution in [0.15, 0.2) is 48.5 Å². The molecule has 0 aliphatic heterocycles. The first kappa shape index (κ1) is 19.6. The summed E-state index contributed by atoms with van der Waals surface area (Å²) in [5.41, 5.74) is 3.12. The van der Waals surface area contributed by atoms with Crippen LogP contribution in [0.1, 0.15) is 27.4 Å². The van der Waals surface area contributed by atoms with Crippen molar-refractivity contribution in [1.82, 2.24) is 15.3 Å². The van der Waals surface area contributed by atoms with E-state index in [9.17, 15) is 4.79 Å². The molecule has 1 heterocycles. The maximum Gasteiger partial charge on any atom is 0.270 e. The largest absolute Gasteiger partial charge is 0.495 e. The number of rotatable bonds is 6. The molecule has 28 heavy (non-hydrogen) atoms. The number of aromatic nitrogens is 2. The Balaban J connectivity index is 1.78. The Morgan fingerprint density at radius 1 is 1.11 bits per heavy atom. The highest BCUT2D eigenvalue weighted by Crippen LogP contribution is 2.30. The Bertz CT molecular complexity index is 1010. The summed E-state index contributed by atoms with van der Waals surface area (Å²) in [6, 6.07) is 14.7. The Kier molecular flexibility index (Phi) is 6.11. The zero-order chi connectivity index (χ0) is 20.1. The van der Waals surface area contributed by atoms with Gasteiger partial charge < -0.3 is 15.4 Å². The summed E-state index contributed by atoms with van der Waals surface area (Å²) in [6.45, 7) is 4.18. The quantitative estimate of drug-likeness (QED) is 0.644. The Hall–Kier alpha value is -3.12. The van der Waals surface area contributed by atoms with Gasteiger partial charge in [0.2, 0.25) is 0 Å². The molecule has 1 amide bonds. The van der Waals surface area contributed by atoms with Crippen LogP contribution in [0.5, 0.6) is 5.75 Å². The lowest BCUT2D eigenvalue weighted by Crippen LogP contribution is -2.24. The molecule has 2 aromatic carbocycles. The molecule has 3 rings (SSSR count). The van der Waals surface area contributed by atoms with Crippen LogP contribution in [-0.2, 0) is 6.54 Å². The molecule has 0 unspecified atom stereocenters. The van der Waals surface area contributed by atoms with E-state index in [-0.39, 0.29) is 11.6 Å². The third-order valence-corrected chi connectivity index (χ3v) is 4.43. The average Bonchev–Trinajstić information content (AvgIpc) is 2.67. The third-order valence-electron chi connectivity index (χ3n) is 4.20. The van der Waals surface area contributed by atoms with Crippen LogP contribution in [0.2, 0.25) is 5.02 Å². The molecular weight excluding hydrogens is 376 g/mol. The molecule has 0 radical (unpaired) electrons. The van der Waals surface area contributed by atoms with Gasteiger partial charge in [-0.2, -0.15) is 0 Å². The highest BCUT2D eigenvalue weighted by Gasteiger charge is 2.12. The van der Waals surface area contributed by atoms with E-state index in [2.05, 4.69) is 20.6 Å². The number of amides is 1. The number of nitrogens with zero attached hydrogens (tertiary/aromatic N) is 2. The summed E-state index contributed by atoms with van der Waals surface area (Å²) >= 11 is 6.07. The first-order valence-electron chi connectivity index (χ1n) is 8.75. The minimum absolute atomic E-state index is 0.269. The number of methoxy groups -OCH3 is 1. The van der Waals surface area contributed by atoms with Crippen molar-refractivity contribution in [2.75, 3.05) is 12.4 Å². The van der Waals surface area contributed by atoms with Crippen LogP contribution >= 0.6 is 11.6 Å². The van der Waals surface area contributed by atoms with Crippen molar-refractivity contribution in [3.63, 3.8) is 0 Å². The minimum atomic E-state index is -0.269. The van der Waals surface area contributed by atoms with Crippen LogP contribution in [0.3, 0.4) is 0 Å². The molecule has 144 valence electrons. The van der Waals surface area contributed by atoms with Gasteiger partial charge in [-0.3, -0.25) is 4.79 Å². The molecule has 3 aromatic rings. The topological polar surface area (TPSA) is 76.1 Å². The van der Waals surface area contributed by atoms with E-state index in [1.54, 1.807) is 38.3 Å². The predicted octanol–water partition coefficient (Wildman–Crippen LogP) is 4.43. The molecule has 2 N–H and O–H groups in total. The third kappa shape index (κ3) is 4.78. The first-order chi connectivity index (χ1) is 13.5. The number of halogens is 1. The van der Waals surface area contributed by atoms with Gasteiger partial charge in [0.1, 0.15) is 23.1 Å². The van der Waals surface area contributed by atoms with Gasteiger partial charge in [-0.1, -0.05) is 35.9 Å². The van der Waals surface area contributed by atoms with Gasteiger partial charge in [0.05, 0.1) is 12.8 Å². The molecule has 0 fully saturated rings. The lowest BCUT2D eigenvalue weighted by atomic mass is 10.1. The van der Waals surface area contributed by atoms with Gasteiger partial charge in [0.15, 0.2) is 0 Å². The molecule has 0 saturated carbocycles. The van der Waals surface area contributed by atoms with Gasteiger partial charge in [-0.25, -0.2) is 9.97 Å². The zero-order valence-electron chi connectivity index (χ0n) is 15.9. The van der Waals surface area contributed by atoms with Crippen molar-refractivity contribution in [3.8, 4) is 5.75 Å². The van der Waals surface area contributed by atoms with Crippen LogP contribution < -0.4 is 15.4 Å². The van der Waals surface area contributed by atoms with E-state index in [4.69, 9.17) is 16.3 Å². The Morgan fingerprint density at radius 3 is 2.64 bits per heavy atom. The summed E-state index contributed by atoms with van der Waals surface area (Å²) in [4.78, 5) is 21.2. The molecule has 1 aromatic heterocycles. The number of nitrogens with one attached hydrogen (secondary N) is 2. The standard InChI is InChI=1S/C21H21ClN4O2/c1-13-6-4-5-7-15(13)12-23-21(27)18-11-20(25-14(2)24-18)26-17-10-16(22)8-9-19(17)28-3/h4-11H,12H2,1-3H3,(H,23,27)(H,24,25,26). The van der Waals surface area contributed by atoms with Crippen molar-refractivity contribution in [3.05, 3.63) is 76.2 Å². The second-order valence-electron chi connectivity index (χ2n) is 6.26. The Morgan fingerprint density at radius 2 is 1.89 bits per heavy atom. The number of anilines is 2. The van der Waals surface area contributed by atoms with E-state index in [0.29, 0.717) is 34.6 Å². The SMILES string of the molecule is COc1ccc(Cl)cc1Nc1cc(C(=O)NCc2ccccc2C)nc(C)n1. The van der Waals surface area contributed by atoms with Gasteiger partial charge >= 0.3 is 0 Å². The number of carbonyl (C=O) groups is 1. The van der Waals surface area contributed by atoms with E-state index in [1.807, 2.05) is 31.2 Å². The van der Waals surface area contributed by atoms with Crippen LogP contribution in [0.4, 0.5) is 11.5 Å². The number of benzene rings is 2. The lowest BCUT2D eigenvalue weighted by Gasteiger charge is -2.12. The predicted molar refractivity (Wildman–Crippen MR) is 110 cm³/mol. The highest BCUT2D eigenvalue weighted by atomic mass is 35.5. The number of hydrogen-bond acceptors (Lipinski definition) is 5. The van der Waals surface area contributed by atoms with E-state index >= 15 is 0 Å². The maximum absolute atomic E-state index is 12.6. The fraction of sp³-hybridized carbons (Fsp3) is 0.190. The van der Waals surface area contributed by atoms with Gasteiger partial charge in [-0.05, 0) is 43.2 Å². The number of hydrogen-bond donors (Lipinski definition) is 2. The monoisotopic (exact) mass is 396 g/mol. The first-order valence-corrected chi connectivity index (χ1v) is 9.13. The van der Waals surface area contributed by atoms with Crippen molar-refractivity contribution >= 4 is 29.0 Å². The van der Waals surface area contributed by atoms with Crippen LogP contribution in [0.25, 0.3) is 0 Å². The van der Waals surface area contributed by atoms with E-state index in [0.717, 1.165) is 11.1 Å². The fourth-order valence-electron chi connectivity index (χ4n) is 2.74. The summed E-state index contributed by atoms with van der Waals surface area (Å²) in [6.07, 6.45) is 0. The fourth-order valence-corrected chi connectivity index (χ4v) is 2.91. The van der Waals surface area contributed by atoms with Gasteiger partial charge in [-0.15, -0.1) is 0 Å². The van der Waals surface area contributed by atoms with Crippen LogP contribution in [0, 0.1) is 13.8 Å². The Labute approximate surface area is 168 Å². The molecule has 0 spiro atoms. The average molecular weight is 397 g/mol. The zero-order valence-corrected chi connectivity index (χ0v) is 16.7. The number of carbonyl (C=O) groups excluding carboxylic acids is 1. The van der Waals surface area contributed by atoms with Gasteiger partial charge in [0, 0.05) is 17.6 Å². The molecule has 0 atom stereocenters. The highest BCUT2D eigenvalue weighted by molar-refractivity contribution is 6.31. The van der Waals surface area contributed by atoms with Crippen molar-refractivity contribution in [2.24, 2.45) is 0 Å². The second-order valence-corrected chi connectivity index (χ2v) is 6.70. The van der Waals surface area contributed by atoms with Crippen LogP contribution in [-0.4, -0.2) is 23.0 Å². The number of aryl methyl sites for hydroxylation is 2. The van der Waals surface area contributed by atoms with E-state index < -0.39 is 0 Å². The molecule has 7 heteroatoms. The normalized spacial score (nSPS) is 10.4. The second kappa shape index (κ2) is 8.71.